The summed E-state index contributed by atoms with van der Waals surface area (Å²) in [5.74, 6) is -0.0350. The zero-order valence-electron chi connectivity index (χ0n) is 11.1. The second-order valence-corrected chi connectivity index (χ2v) is 4.93. The predicted octanol–water partition coefficient (Wildman–Crippen LogP) is 2.92. The third-order valence-corrected chi connectivity index (χ3v) is 2.97. The molecule has 1 aromatic rings. The lowest BCUT2D eigenvalue weighted by Crippen LogP contribution is -2.38. The molecule has 3 nitrogen and oxygen atoms in total. The Hall–Kier alpha value is -1.35. The van der Waals surface area contributed by atoms with Crippen molar-refractivity contribution in [3.05, 3.63) is 29.8 Å². The van der Waals surface area contributed by atoms with E-state index in [1.165, 1.54) is 6.92 Å². The van der Waals surface area contributed by atoms with Gasteiger partial charge in [0.1, 0.15) is 0 Å². The zero-order chi connectivity index (χ0) is 12.9. The minimum atomic E-state index is -0.0350. The molecule has 0 unspecified atom stereocenters. The molecule has 0 atom stereocenters. The van der Waals surface area contributed by atoms with E-state index in [1.54, 1.807) is 0 Å². The van der Waals surface area contributed by atoms with E-state index in [-0.39, 0.29) is 11.4 Å². The third kappa shape index (κ3) is 4.57. The minimum absolute atomic E-state index is 0.0350. The highest BCUT2D eigenvalue weighted by molar-refractivity contribution is 5.89. The van der Waals surface area contributed by atoms with E-state index in [1.807, 2.05) is 24.3 Å². The van der Waals surface area contributed by atoms with Crippen LogP contribution in [-0.4, -0.2) is 11.4 Å². The Morgan fingerprint density at radius 2 is 1.94 bits per heavy atom. The number of hydrogen-bond donors (Lipinski definition) is 2. The lowest BCUT2D eigenvalue weighted by Gasteiger charge is -2.25. The zero-order valence-corrected chi connectivity index (χ0v) is 11.1. The molecule has 0 spiro atoms. The monoisotopic (exact) mass is 234 g/mol. The van der Waals surface area contributed by atoms with E-state index in [4.69, 9.17) is 0 Å². The minimum Gasteiger partial charge on any atom is -0.326 e. The number of amides is 1. The standard InChI is InChI=1S/C14H22N2O/c1-5-14(3,4)15-10-12-8-6-7-9-13(12)16-11(2)17/h6-9,15H,5,10H2,1-4H3,(H,16,17). The molecule has 1 amide bonds. The molecule has 0 heterocycles. The number of benzene rings is 1. The van der Waals surface area contributed by atoms with Crippen molar-refractivity contribution >= 4 is 11.6 Å². The molecule has 0 aromatic heterocycles. The van der Waals surface area contributed by atoms with Gasteiger partial charge in [-0.1, -0.05) is 25.1 Å². The van der Waals surface area contributed by atoms with Crippen LogP contribution in [0.3, 0.4) is 0 Å². The molecule has 0 radical (unpaired) electrons. The van der Waals surface area contributed by atoms with Crippen molar-refractivity contribution < 1.29 is 4.79 Å². The van der Waals surface area contributed by atoms with Gasteiger partial charge in [0.2, 0.25) is 5.91 Å². The maximum Gasteiger partial charge on any atom is 0.221 e. The summed E-state index contributed by atoms with van der Waals surface area (Å²) in [5, 5.41) is 6.34. The largest absolute Gasteiger partial charge is 0.326 e. The summed E-state index contributed by atoms with van der Waals surface area (Å²) >= 11 is 0. The van der Waals surface area contributed by atoms with Gasteiger partial charge in [-0.25, -0.2) is 0 Å². The van der Waals surface area contributed by atoms with Crippen LogP contribution in [0.4, 0.5) is 5.69 Å². The summed E-state index contributed by atoms with van der Waals surface area (Å²) in [6.07, 6.45) is 1.06. The quantitative estimate of drug-likeness (QED) is 0.822. The van der Waals surface area contributed by atoms with E-state index >= 15 is 0 Å². The fourth-order valence-corrected chi connectivity index (χ4v) is 1.45. The maximum absolute atomic E-state index is 11.1. The Bertz CT molecular complexity index is 386. The van der Waals surface area contributed by atoms with Gasteiger partial charge in [0.15, 0.2) is 0 Å². The molecule has 94 valence electrons. The first kappa shape index (κ1) is 13.7. The molecule has 0 bridgehead atoms. The van der Waals surface area contributed by atoms with Gasteiger partial charge in [-0.3, -0.25) is 4.79 Å². The van der Waals surface area contributed by atoms with Crippen LogP contribution in [0, 0.1) is 0 Å². The van der Waals surface area contributed by atoms with Gasteiger partial charge >= 0.3 is 0 Å². The Morgan fingerprint density at radius 3 is 2.53 bits per heavy atom. The molecule has 1 aromatic carbocycles. The van der Waals surface area contributed by atoms with E-state index < -0.39 is 0 Å². The molecule has 0 saturated heterocycles. The number of carbonyl (C=O) groups excluding carboxylic acids is 1. The summed E-state index contributed by atoms with van der Waals surface area (Å²) < 4.78 is 0. The maximum atomic E-state index is 11.1. The highest BCUT2D eigenvalue weighted by atomic mass is 16.1. The van der Waals surface area contributed by atoms with Crippen molar-refractivity contribution in [2.75, 3.05) is 5.32 Å². The van der Waals surface area contributed by atoms with Gasteiger partial charge in [0.25, 0.3) is 0 Å². The second kappa shape index (κ2) is 5.82. The van der Waals surface area contributed by atoms with Gasteiger partial charge < -0.3 is 10.6 Å². The molecule has 0 saturated carbocycles. The van der Waals surface area contributed by atoms with Crippen molar-refractivity contribution in [3.63, 3.8) is 0 Å². The number of rotatable bonds is 5. The Labute approximate surface area is 104 Å². The molecule has 2 N–H and O–H groups in total. The van der Waals surface area contributed by atoms with Crippen molar-refractivity contribution in [2.45, 2.75) is 46.2 Å². The molecule has 1 rings (SSSR count). The van der Waals surface area contributed by atoms with E-state index in [9.17, 15) is 4.79 Å². The normalized spacial score (nSPS) is 11.3. The Balaban J connectivity index is 2.73. The van der Waals surface area contributed by atoms with Gasteiger partial charge in [-0.15, -0.1) is 0 Å². The third-order valence-electron chi connectivity index (χ3n) is 2.97. The molecule has 0 aliphatic carbocycles. The summed E-state index contributed by atoms with van der Waals surface area (Å²) in [4.78, 5) is 11.1. The predicted molar refractivity (Wildman–Crippen MR) is 72.0 cm³/mol. The van der Waals surface area contributed by atoms with E-state index in [0.717, 1.165) is 24.2 Å². The van der Waals surface area contributed by atoms with Gasteiger partial charge in [0, 0.05) is 24.7 Å². The molecule has 17 heavy (non-hydrogen) atoms. The van der Waals surface area contributed by atoms with E-state index in [0.29, 0.717) is 0 Å². The van der Waals surface area contributed by atoms with Crippen LogP contribution in [0.5, 0.6) is 0 Å². The van der Waals surface area contributed by atoms with Crippen molar-refractivity contribution in [1.82, 2.24) is 5.32 Å². The number of anilines is 1. The molecular formula is C14H22N2O. The molecule has 0 aliphatic rings. The molecule has 3 heteroatoms. The average Bonchev–Trinajstić information content (AvgIpc) is 2.27. The summed E-state index contributed by atoms with van der Waals surface area (Å²) in [5.41, 5.74) is 2.12. The molecule has 0 fully saturated rings. The van der Waals surface area contributed by atoms with Crippen molar-refractivity contribution in [3.8, 4) is 0 Å². The average molecular weight is 234 g/mol. The SMILES string of the molecule is CCC(C)(C)NCc1ccccc1NC(C)=O. The lowest BCUT2D eigenvalue weighted by atomic mass is 10.0. The van der Waals surface area contributed by atoms with Gasteiger partial charge in [-0.05, 0) is 31.9 Å². The van der Waals surface area contributed by atoms with Crippen molar-refractivity contribution in [1.29, 1.82) is 0 Å². The molecular weight excluding hydrogens is 212 g/mol. The first-order valence-corrected chi connectivity index (χ1v) is 6.05. The Kier molecular flexibility index (Phi) is 4.70. The topological polar surface area (TPSA) is 41.1 Å². The van der Waals surface area contributed by atoms with Crippen LogP contribution < -0.4 is 10.6 Å². The van der Waals surface area contributed by atoms with Crippen LogP contribution in [0.15, 0.2) is 24.3 Å². The number of carbonyl (C=O) groups is 1. The second-order valence-electron chi connectivity index (χ2n) is 4.93. The first-order valence-electron chi connectivity index (χ1n) is 6.05. The van der Waals surface area contributed by atoms with Gasteiger partial charge in [0.05, 0.1) is 0 Å². The van der Waals surface area contributed by atoms with Gasteiger partial charge in [-0.2, -0.15) is 0 Å². The van der Waals surface area contributed by atoms with Crippen LogP contribution in [-0.2, 0) is 11.3 Å². The first-order chi connectivity index (χ1) is 7.94. The van der Waals surface area contributed by atoms with E-state index in [2.05, 4.69) is 31.4 Å². The van der Waals surface area contributed by atoms with Crippen LogP contribution in [0.2, 0.25) is 0 Å². The summed E-state index contributed by atoms with van der Waals surface area (Å²) in [6, 6.07) is 7.88. The summed E-state index contributed by atoms with van der Waals surface area (Å²) in [7, 11) is 0. The lowest BCUT2D eigenvalue weighted by molar-refractivity contribution is -0.114. The summed E-state index contributed by atoms with van der Waals surface area (Å²) in [6.45, 7) is 8.80. The Morgan fingerprint density at radius 1 is 1.29 bits per heavy atom. The molecule has 0 aliphatic heterocycles. The van der Waals surface area contributed by atoms with Crippen LogP contribution in [0.25, 0.3) is 0 Å². The number of para-hydroxylation sites is 1. The fourth-order valence-electron chi connectivity index (χ4n) is 1.45. The number of hydrogen-bond acceptors (Lipinski definition) is 2. The van der Waals surface area contributed by atoms with Crippen LogP contribution in [0.1, 0.15) is 39.7 Å². The van der Waals surface area contributed by atoms with Crippen molar-refractivity contribution in [2.24, 2.45) is 0 Å². The number of nitrogens with one attached hydrogen (secondary N) is 2. The fraction of sp³-hybridized carbons (Fsp3) is 0.500. The highest BCUT2D eigenvalue weighted by Crippen LogP contribution is 2.16. The van der Waals surface area contributed by atoms with Crippen LogP contribution >= 0.6 is 0 Å². The smallest absolute Gasteiger partial charge is 0.221 e. The highest BCUT2D eigenvalue weighted by Gasteiger charge is 2.14.